The molecule has 2 nitrogen and oxygen atoms in total. The first kappa shape index (κ1) is 12.5. The molecule has 21 heavy (non-hydrogen) atoms. The fourth-order valence-corrected chi connectivity index (χ4v) is 5.63. The predicted octanol–water partition coefficient (Wildman–Crippen LogP) is 3.42. The van der Waals surface area contributed by atoms with Gasteiger partial charge in [0.25, 0.3) is 0 Å². The Hall–Kier alpha value is -1.02. The summed E-state index contributed by atoms with van der Waals surface area (Å²) >= 11 is 0. The van der Waals surface area contributed by atoms with Gasteiger partial charge in [-0.15, -0.1) is 0 Å². The Labute approximate surface area is 127 Å². The fraction of sp³-hybridized carbons (Fsp3) is 0.684. The Bertz CT molecular complexity index is 501. The maximum absolute atomic E-state index is 3.85. The maximum Gasteiger partial charge on any atom is 0.0366 e. The van der Waals surface area contributed by atoms with Gasteiger partial charge in [-0.25, -0.2) is 0 Å². The van der Waals surface area contributed by atoms with Crippen LogP contribution in [0, 0.1) is 23.7 Å². The van der Waals surface area contributed by atoms with E-state index < -0.39 is 0 Å². The minimum atomic E-state index is 0.856. The van der Waals surface area contributed by atoms with Crippen LogP contribution in [0.4, 0.5) is 5.69 Å². The minimum absolute atomic E-state index is 0.856. The van der Waals surface area contributed by atoms with Crippen LogP contribution in [-0.2, 0) is 6.54 Å². The molecule has 1 heterocycles. The van der Waals surface area contributed by atoms with Crippen molar-refractivity contribution in [3.8, 4) is 0 Å². The first-order valence-electron chi connectivity index (χ1n) is 8.97. The molecule has 1 saturated heterocycles. The van der Waals surface area contributed by atoms with E-state index in [4.69, 9.17) is 0 Å². The fourth-order valence-electron chi connectivity index (χ4n) is 5.63. The molecule has 1 aromatic carbocycles. The second kappa shape index (κ2) is 4.74. The molecule has 0 spiro atoms. The minimum Gasteiger partial charge on any atom is -0.372 e. The van der Waals surface area contributed by atoms with Crippen LogP contribution in [0.25, 0.3) is 0 Å². The highest BCUT2D eigenvalue weighted by molar-refractivity contribution is 5.48. The second-order valence-electron chi connectivity index (χ2n) is 7.76. The van der Waals surface area contributed by atoms with Crippen LogP contribution >= 0.6 is 0 Å². The zero-order valence-electron chi connectivity index (χ0n) is 12.8. The van der Waals surface area contributed by atoms with Crippen molar-refractivity contribution in [2.24, 2.45) is 23.7 Å². The van der Waals surface area contributed by atoms with E-state index in [1.807, 2.05) is 0 Å². The van der Waals surface area contributed by atoms with Gasteiger partial charge in [-0.3, -0.25) is 0 Å². The Kier molecular flexibility index (Phi) is 2.83. The van der Waals surface area contributed by atoms with E-state index in [1.54, 1.807) is 6.42 Å². The Morgan fingerprint density at radius 3 is 2.29 bits per heavy atom. The number of hydrogen-bond donors (Lipinski definition) is 1. The molecule has 2 bridgehead atoms. The molecule has 112 valence electrons. The van der Waals surface area contributed by atoms with Gasteiger partial charge in [0, 0.05) is 31.4 Å². The highest BCUT2D eigenvalue weighted by atomic mass is 15.1. The van der Waals surface area contributed by atoms with Crippen molar-refractivity contribution in [1.82, 2.24) is 5.32 Å². The van der Waals surface area contributed by atoms with Crippen LogP contribution in [0.1, 0.15) is 37.7 Å². The third kappa shape index (κ3) is 2.03. The van der Waals surface area contributed by atoms with Crippen LogP contribution in [0.2, 0.25) is 0 Å². The number of anilines is 1. The molecule has 4 aliphatic rings. The van der Waals surface area contributed by atoms with Crippen LogP contribution < -0.4 is 10.2 Å². The van der Waals surface area contributed by atoms with Crippen molar-refractivity contribution in [2.75, 3.05) is 18.0 Å². The van der Waals surface area contributed by atoms with Gasteiger partial charge in [0.1, 0.15) is 0 Å². The summed E-state index contributed by atoms with van der Waals surface area (Å²) in [5.74, 6) is 4.25. The van der Waals surface area contributed by atoms with E-state index in [1.165, 1.54) is 50.0 Å². The lowest BCUT2D eigenvalue weighted by Gasteiger charge is -2.18. The molecule has 4 unspecified atom stereocenters. The molecule has 1 N–H and O–H groups in total. The van der Waals surface area contributed by atoms with Gasteiger partial charge in [-0.2, -0.15) is 0 Å². The molecule has 4 atom stereocenters. The standard InChI is InChI=1S/C19H26N2/c1-2-10-21(9-1)16-7-3-13(4-8-16)12-20-19-17-14-5-6-15(11-14)18(17)19/h3-4,7-8,14-15,17-20H,1-2,5-6,9-12H2. The van der Waals surface area contributed by atoms with Crippen molar-refractivity contribution >= 4 is 5.69 Å². The molecule has 1 aromatic rings. The first-order valence-corrected chi connectivity index (χ1v) is 8.97. The predicted molar refractivity (Wildman–Crippen MR) is 86.3 cm³/mol. The lowest BCUT2D eigenvalue weighted by molar-refractivity contribution is 0.456. The number of hydrogen-bond acceptors (Lipinski definition) is 2. The zero-order chi connectivity index (χ0) is 13.8. The summed E-state index contributed by atoms with van der Waals surface area (Å²) in [5, 5.41) is 3.85. The van der Waals surface area contributed by atoms with Gasteiger partial charge in [-0.05, 0) is 73.5 Å². The van der Waals surface area contributed by atoms with Gasteiger partial charge in [-0.1, -0.05) is 12.1 Å². The van der Waals surface area contributed by atoms with Gasteiger partial charge >= 0.3 is 0 Å². The Balaban J connectivity index is 1.18. The highest BCUT2D eigenvalue weighted by Gasteiger charge is 2.64. The van der Waals surface area contributed by atoms with Gasteiger partial charge in [0.05, 0.1) is 0 Å². The molecule has 5 rings (SSSR count). The lowest BCUT2D eigenvalue weighted by Crippen LogP contribution is -2.22. The Morgan fingerprint density at radius 2 is 1.62 bits per heavy atom. The van der Waals surface area contributed by atoms with Crippen LogP contribution in [0.15, 0.2) is 24.3 Å². The summed E-state index contributed by atoms with van der Waals surface area (Å²) in [7, 11) is 0. The average molecular weight is 282 g/mol. The highest BCUT2D eigenvalue weighted by Crippen LogP contribution is 2.65. The summed E-state index contributed by atoms with van der Waals surface area (Å²) < 4.78 is 0. The number of fused-ring (bicyclic) bond motifs is 5. The molecule has 0 amide bonds. The number of nitrogens with zero attached hydrogens (tertiary/aromatic N) is 1. The summed E-state index contributed by atoms with van der Waals surface area (Å²) in [6.07, 6.45) is 7.31. The number of nitrogens with one attached hydrogen (secondary N) is 1. The molecule has 3 aliphatic carbocycles. The molecule has 2 heteroatoms. The molecular weight excluding hydrogens is 256 g/mol. The van der Waals surface area contributed by atoms with Crippen LogP contribution in [0.3, 0.4) is 0 Å². The molecule has 4 fully saturated rings. The van der Waals surface area contributed by atoms with E-state index >= 15 is 0 Å². The smallest absolute Gasteiger partial charge is 0.0366 e. The largest absolute Gasteiger partial charge is 0.372 e. The third-order valence-electron chi connectivity index (χ3n) is 6.68. The molecular formula is C19H26N2. The summed E-state index contributed by atoms with van der Waals surface area (Å²) in [4.78, 5) is 2.51. The van der Waals surface area contributed by atoms with E-state index in [0.717, 1.165) is 36.3 Å². The van der Waals surface area contributed by atoms with Crippen molar-refractivity contribution in [3.05, 3.63) is 29.8 Å². The van der Waals surface area contributed by atoms with Gasteiger partial charge in [0.2, 0.25) is 0 Å². The molecule has 0 aromatic heterocycles. The van der Waals surface area contributed by atoms with Crippen molar-refractivity contribution in [2.45, 2.75) is 44.7 Å². The van der Waals surface area contributed by atoms with Gasteiger partial charge in [0.15, 0.2) is 0 Å². The van der Waals surface area contributed by atoms with Crippen LogP contribution in [-0.4, -0.2) is 19.1 Å². The summed E-state index contributed by atoms with van der Waals surface area (Å²) in [6.45, 7) is 3.55. The van der Waals surface area contributed by atoms with E-state index in [-0.39, 0.29) is 0 Å². The third-order valence-corrected chi connectivity index (χ3v) is 6.68. The van der Waals surface area contributed by atoms with Crippen LogP contribution in [0.5, 0.6) is 0 Å². The topological polar surface area (TPSA) is 15.3 Å². The quantitative estimate of drug-likeness (QED) is 0.910. The zero-order valence-corrected chi connectivity index (χ0v) is 12.8. The van der Waals surface area contributed by atoms with Gasteiger partial charge < -0.3 is 10.2 Å². The van der Waals surface area contributed by atoms with Crippen molar-refractivity contribution < 1.29 is 0 Å². The van der Waals surface area contributed by atoms with E-state index in [0.29, 0.717) is 0 Å². The number of benzene rings is 1. The maximum atomic E-state index is 3.85. The summed E-state index contributed by atoms with van der Waals surface area (Å²) in [6, 6.07) is 10.1. The summed E-state index contributed by atoms with van der Waals surface area (Å²) in [5.41, 5.74) is 2.87. The van der Waals surface area contributed by atoms with Crippen molar-refractivity contribution in [1.29, 1.82) is 0 Å². The molecule has 3 saturated carbocycles. The second-order valence-corrected chi connectivity index (χ2v) is 7.76. The van der Waals surface area contributed by atoms with E-state index in [9.17, 15) is 0 Å². The Morgan fingerprint density at radius 1 is 0.952 bits per heavy atom. The molecule has 0 radical (unpaired) electrons. The lowest BCUT2D eigenvalue weighted by atomic mass is 10.0. The molecule has 1 aliphatic heterocycles. The van der Waals surface area contributed by atoms with E-state index in [2.05, 4.69) is 34.5 Å². The monoisotopic (exact) mass is 282 g/mol. The first-order chi connectivity index (χ1) is 10.4. The normalized spacial score (nSPS) is 39.8. The number of rotatable bonds is 4. The SMILES string of the molecule is c1cc(N2CCCC2)ccc1CNC1C2C3CCC(C3)C12. The average Bonchev–Trinajstić information content (AvgIpc) is 2.99. The van der Waals surface area contributed by atoms with Crippen molar-refractivity contribution in [3.63, 3.8) is 0 Å².